The van der Waals surface area contributed by atoms with Gasteiger partial charge in [-0.3, -0.25) is 4.90 Å². The van der Waals surface area contributed by atoms with Crippen molar-refractivity contribution in [3.05, 3.63) is 35.4 Å². The Morgan fingerprint density at radius 2 is 2.10 bits per heavy atom. The average molecular weight is 272 g/mol. The predicted octanol–water partition coefficient (Wildman–Crippen LogP) is 2.19. The first-order chi connectivity index (χ1) is 9.68. The second-order valence-electron chi connectivity index (χ2n) is 7.06. The van der Waals surface area contributed by atoms with Crippen LogP contribution in [0.2, 0.25) is 0 Å². The van der Waals surface area contributed by atoms with Crippen molar-refractivity contribution in [3.8, 4) is 0 Å². The standard InChI is InChI=1S/C17H24N2O/c1-17(2)15-8-18-7-13(15)9-19(17)16-11-20-10-12-5-3-4-6-14(12)16/h3-6,13,15-16,18H,7-11H2,1-2H3. The molecule has 1 N–H and O–H groups in total. The number of hydrogen-bond donors (Lipinski definition) is 1. The van der Waals surface area contributed by atoms with Gasteiger partial charge in [-0.25, -0.2) is 0 Å². The minimum atomic E-state index is 0.257. The molecule has 0 amide bonds. The van der Waals surface area contributed by atoms with E-state index in [-0.39, 0.29) is 5.54 Å². The minimum absolute atomic E-state index is 0.257. The number of nitrogens with one attached hydrogen (secondary N) is 1. The molecule has 2 saturated heterocycles. The Morgan fingerprint density at radius 3 is 2.95 bits per heavy atom. The van der Waals surface area contributed by atoms with E-state index in [1.54, 1.807) is 0 Å². The molecule has 3 nitrogen and oxygen atoms in total. The third-order valence-corrected chi connectivity index (χ3v) is 5.74. The molecule has 1 aromatic rings. The van der Waals surface area contributed by atoms with E-state index < -0.39 is 0 Å². The summed E-state index contributed by atoms with van der Waals surface area (Å²) in [6, 6.07) is 9.24. The highest BCUT2D eigenvalue weighted by atomic mass is 16.5. The van der Waals surface area contributed by atoms with Crippen LogP contribution in [0.1, 0.15) is 31.0 Å². The Hall–Kier alpha value is -0.900. The van der Waals surface area contributed by atoms with Crippen LogP contribution in [0, 0.1) is 11.8 Å². The molecule has 0 saturated carbocycles. The van der Waals surface area contributed by atoms with E-state index in [4.69, 9.17) is 4.74 Å². The van der Waals surface area contributed by atoms with Crippen LogP contribution in [0.4, 0.5) is 0 Å². The lowest BCUT2D eigenvalue weighted by Gasteiger charge is -2.43. The van der Waals surface area contributed by atoms with Crippen LogP contribution in [0.5, 0.6) is 0 Å². The normalized spacial score (nSPS) is 35.8. The van der Waals surface area contributed by atoms with E-state index in [9.17, 15) is 0 Å². The summed E-state index contributed by atoms with van der Waals surface area (Å²) in [5, 5.41) is 3.56. The van der Waals surface area contributed by atoms with Crippen LogP contribution in [0.3, 0.4) is 0 Å². The van der Waals surface area contributed by atoms with Crippen molar-refractivity contribution in [1.82, 2.24) is 10.2 Å². The molecule has 3 aliphatic heterocycles. The molecular formula is C17H24N2O. The fourth-order valence-corrected chi connectivity index (χ4v) is 4.60. The summed E-state index contributed by atoms with van der Waals surface area (Å²) in [7, 11) is 0. The maximum atomic E-state index is 5.88. The van der Waals surface area contributed by atoms with Crippen molar-refractivity contribution in [1.29, 1.82) is 0 Å². The van der Waals surface area contributed by atoms with Crippen LogP contribution < -0.4 is 5.32 Å². The van der Waals surface area contributed by atoms with Crippen molar-refractivity contribution in [2.24, 2.45) is 11.8 Å². The van der Waals surface area contributed by atoms with Gasteiger partial charge in [-0.2, -0.15) is 0 Å². The molecule has 20 heavy (non-hydrogen) atoms. The lowest BCUT2D eigenvalue weighted by molar-refractivity contribution is -0.00114. The highest BCUT2D eigenvalue weighted by Gasteiger charge is 2.52. The maximum absolute atomic E-state index is 5.88. The quantitative estimate of drug-likeness (QED) is 0.848. The molecule has 0 spiro atoms. The number of benzene rings is 1. The molecule has 3 aliphatic rings. The zero-order chi connectivity index (χ0) is 13.7. The smallest absolute Gasteiger partial charge is 0.0721 e. The molecule has 1 aromatic carbocycles. The largest absolute Gasteiger partial charge is 0.375 e. The SMILES string of the molecule is CC1(C)C2CNCC2CN1C1COCc2ccccc21. The molecule has 3 heterocycles. The van der Waals surface area contributed by atoms with Crippen LogP contribution in [0.15, 0.2) is 24.3 Å². The Morgan fingerprint density at radius 1 is 1.25 bits per heavy atom. The molecule has 0 aliphatic carbocycles. The number of nitrogens with zero attached hydrogens (tertiary/aromatic N) is 1. The van der Waals surface area contributed by atoms with Crippen molar-refractivity contribution in [2.75, 3.05) is 26.2 Å². The maximum Gasteiger partial charge on any atom is 0.0721 e. The minimum Gasteiger partial charge on any atom is -0.375 e. The number of likely N-dealkylation sites (tertiary alicyclic amines) is 1. The summed E-state index contributed by atoms with van der Waals surface area (Å²) < 4.78 is 5.88. The van der Waals surface area contributed by atoms with Crippen LogP contribution in [-0.4, -0.2) is 36.7 Å². The predicted molar refractivity (Wildman–Crippen MR) is 79.5 cm³/mol. The first kappa shape index (κ1) is 12.8. The van der Waals surface area contributed by atoms with Crippen LogP contribution >= 0.6 is 0 Å². The molecule has 4 rings (SSSR count). The van der Waals surface area contributed by atoms with Gasteiger partial charge >= 0.3 is 0 Å². The van der Waals surface area contributed by atoms with Gasteiger partial charge in [0.1, 0.15) is 0 Å². The van der Waals surface area contributed by atoms with Crippen LogP contribution in [-0.2, 0) is 11.3 Å². The average Bonchev–Trinajstić information content (AvgIpc) is 3.01. The Kier molecular flexibility index (Phi) is 2.92. The van der Waals surface area contributed by atoms with Crippen molar-refractivity contribution in [3.63, 3.8) is 0 Å². The molecule has 0 radical (unpaired) electrons. The van der Waals surface area contributed by atoms with Crippen LogP contribution in [0.25, 0.3) is 0 Å². The number of hydrogen-bond acceptors (Lipinski definition) is 3. The van der Waals surface area contributed by atoms with Gasteiger partial charge in [0.15, 0.2) is 0 Å². The molecule has 108 valence electrons. The molecule has 3 unspecified atom stereocenters. The number of rotatable bonds is 1. The third-order valence-electron chi connectivity index (χ3n) is 5.74. The zero-order valence-corrected chi connectivity index (χ0v) is 12.4. The van der Waals surface area contributed by atoms with Gasteiger partial charge in [-0.05, 0) is 43.4 Å². The van der Waals surface area contributed by atoms with Gasteiger partial charge in [0, 0.05) is 18.6 Å². The third kappa shape index (κ3) is 1.77. The topological polar surface area (TPSA) is 24.5 Å². The summed E-state index contributed by atoms with van der Waals surface area (Å²) in [5.41, 5.74) is 3.11. The number of ether oxygens (including phenoxy) is 1. The Labute approximate surface area is 121 Å². The molecule has 2 fully saturated rings. The first-order valence-electron chi connectivity index (χ1n) is 7.81. The fourth-order valence-electron chi connectivity index (χ4n) is 4.60. The van der Waals surface area contributed by atoms with Gasteiger partial charge in [0.2, 0.25) is 0 Å². The Bertz CT molecular complexity index is 513. The summed E-state index contributed by atoms with van der Waals surface area (Å²) in [6.07, 6.45) is 0. The lowest BCUT2D eigenvalue weighted by Crippen LogP contribution is -2.48. The van der Waals surface area contributed by atoms with Gasteiger partial charge < -0.3 is 10.1 Å². The highest BCUT2D eigenvalue weighted by Crippen LogP contribution is 2.46. The second kappa shape index (κ2) is 4.55. The molecule has 3 heteroatoms. The lowest BCUT2D eigenvalue weighted by atomic mass is 9.84. The first-order valence-corrected chi connectivity index (χ1v) is 7.81. The Balaban J connectivity index is 1.69. The summed E-state index contributed by atoms with van der Waals surface area (Å²) in [6.45, 7) is 10.0. The van der Waals surface area contributed by atoms with E-state index in [1.807, 2.05) is 0 Å². The van der Waals surface area contributed by atoms with E-state index in [0.29, 0.717) is 6.04 Å². The molecule has 3 atom stereocenters. The van der Waals surface area contributed by atoms with Gasteiger partial charge in [-0.15, -0.1) is 0 Å². The summed E-state index contributed by atoms with van der Waals surface area (Å²) in [4.78, 5) is 2.71. The second-order valence-corrected chi connectivity index (χ2v) is 7.06. The molecule has 0 bridgehead atoms. The summed E-state index contributed by atoms with van der Waals surface area (Å²) in [5.74, 6) is 1.58. The van der Waals surface area contributed by atoms with Crippen molar-refractivity contribution < 1.29 is 4.74 Å². The van der Waals surface area contributed by atoms with Gasteiger partial charge in [0.25, 0.3) is 0 Å². The number of fused-ring (bicyclic) bond motifs is 2. The molecular weight excluding hydrogens is 248 g/mol. The van der Waals surface area contributed by atoms with Gasteiger partial charge in [0.05, 0.1) is 19.3 Å². The highest BCUT2D eigenvalue weighted by molar-refractivity contribution is 5.32. The molecule has 0 aromatic heterocycles. The van der Waals surface area contributed by atoms with Gasteiger partial charge in [-0.1, -0.05) is 24.3 Å². The zero-order valence-electron chi connectivity index (χ0n) is 12.4. The van der Waals surface area contributed by atoms with E-state index in [1.165, 1.54) is 30.8 Å². The van der Waals surface area contributed by atoms with Crippen molar-refractivity contribution in [2.45, 2.75) is 32.0 Å². The van der Waals surface area contributed by atoms with E-state index in [0.717, 1.165) is 25.0 Å². The van der Waals surface area contributed by atoms with Crippen molar-refractivity contribution >= 4 is 0 Å². The monoisotopic (exact) mass is 272 g/mol. The van der Waals surface area contributed by atoms with E-state index in [2.05, 4.69) is 48.3 Å². The fraction of sp³-hybridized carbons (Fsp3) is 0.647. The summed E-state index contributed by atoms with van der Waals surface area (Å²) >= 11 is 0. The van der Waals surface area contributed by atoms with E-state index >= 15 is 0 Å².